The summed E-state index contributed by atoms with van der Waals surface area (Å²) in [6.45, 7) is 0.300. The second-order valence-corrected chi connectivity index (χ2v) is 6.24. The van der Waals surface area contributed by atoms with Crippen molar-refractivity contribution in [3.05, 3.63) is 26.7 Å². The Morgan fingerprint density at radius 3 is 2.63 bits per heavy atom. The standard InChI is InChI=1S/C13H15BrCl2N2O/c14-9-5-6-10(13(16)12(9)15)18-11(19)7-17-8-3-1-2-4-8/h5-6,8,17H,1-4,7H2,(H,18,19). The molecule has 0 heterocycles. The van der Waals surface area contributed by atoms with E-state index in [9.17, 15) is 4.79 Å². The lowest BCUT2D eigenvalue weighted by Crippen LogP contribution is -2.34. The SMILES string of the molecule is O=C(CNC1CCCC1)Nc1ccc(Br)c(Cl)c1Cl. The average Bonchev–Trinajstić information content (AvgIpc) is 2.90. The van der Waals surface area contributed by atoms with Gasteiger partial charge in [-0.1, -0.05) is 36.0 Å². The molecule has 3 nitrogen and oxygen atoms in total. The maximum Gasteiger partial charge on any atom is 0.238 e. The van der Waals surface area contributed by atoms with Gasteiger partial charge in [-0.3, -0.25) is 4.79 Å². The summed E-state index contributed by atoms with van der Waals surface area (Å²) in [7, 11) is 0. The third-order valence-electron chi connectivity index (χ3n) is 3.22. The monoisotopic (exact) mass is 364 g/mol. The Bertz CT molecular complexity index is 476. The summed E-state index contributed by atoms with van der Waals surface area (Å²) in [5, 5.41) is 6.77. The number of anilines is 1. The number of benzene rings is 1. The summed E-state index contributed by atoms with van der Waals surface area (Å²) in [5.41, 5.74) is 0.535. The zero-order valence-corrected chi connectivity index (χ0v) is 13.4. The van der Waals surface area contributed by atoms with Crippen molar-refractivity contribution in [2.75, 3.05) is 11.9 Å². The molecule has 0 bridgehead atoms. The molecular formula is C13H15BrCl2N2O. The summed E-state index contributed by atoms with van der Waals surface area (Å²) < 4.78 is 0.709. The van der Waals surface area contributed by atoms with E-state index in [0.29, 0.717) is 32.8 Å². The fraction of sp³-hybridized carbons (Fsp3) is 0.462. The van der Waals surface area contributed by atoms with Crippen LogP contribution in [0, 0.1) is 0 Å². The molecule has 0 unspecified atom stereocenters. The van der Waals surface area contributed by atoms with Crippen LogP contribution in [0.25, 0.3) is 0 Å². The minimum atomic E-state index is -0.104. The first-order valence-corrected chi connectivity index (χ1v) is 7.79. The molecule has 0 saturated heterocycles. The first-order valence-electron chi connectivity index (χ1n) is 6.24. The number of rotatable bonds is 4. The van der Waals surface area contributed by atoms with Crippen LogP contribution in [0.5, 0.6) is 0 Å². The van der Waals surface area contributed by atoms with Crippen LogP contribution in [0.1, 0.15) is 25.7 Å². The first kappa shape index (κ1) is 15.1. The molecule has 1 aromatic rings. The summed E-state index contributed by atoms with van der Waals surface area (Å²) >= 11 is 15.4. The second-order valence-electron chi connectivity index (χ2n) is 4.63. The van der Waals surface area contributed by atoms with Gasteiger partial charge in [0.15, 0.2) is 0 Å². The summed E-state index contributed by atoms with van der Waals surface area (Å²) in [6.07, 6.45) is 4.79. The molecule has 2 N–H and O–H groups in total. The Balaban J connectivity index is 1.89. The van der Waals surface area contributed by atoms with E-state index < -0.39 is 0 Å². The molecule has 0 spiro atoms. The van der Waals surface area contributed by atoms with Gasteiger partial charge in [-0.2, -0.15) is 0 Å². The Labute approximate surface area is 131 Å². The molecule has 1 fully saturated rings. The van der Waals surface area contributed by atoms with E-state index in [4.69, 9.17) is 23.2 Å². The van der Waals surface area contributed by atoms with Crippen molar-refractivity contribution < 1.29 is 4.79 Å². The molecular weight excluding hydrogens is 351 g/mol. The summed E-state index contributed by atoms with van der Waals surface area (Å²) in [4.78, 5) is 11.8. The van der Waals surface area contributed by atoms with E-state index >= 15 is 0 Å². The highest BCUT2D eigenvalue weighted by Crippen LogP contribution is 2.35. The van der Waals surface area contributed by atoms with Crippen LogP contribution in [0.3, 0.4) is 0 Å². The van der Waals surface area contributed by atoms with Crippen LogP contribution in [-0.2, 0) is 4.79 Å². The molecule has 19 heavy (non-hydrogen) atoms. The van der Waals surface area contributed by atoms with Crippen LogP contribution < -0.4 is 10.6 Å². The van der Waals surface area contributed by atoms with Crippen LogP contribution >= 0.6 is 39.1 Å². The number of carbonyl (C=O) groups excluding carboxylic acids is 1. The number of amides is 1. The van der Waals surface area contributed by atoms with Gasteiger partial charge in [0.1, 0.15) is 0 Å². The molecule has 0 aliphatic heterocycles. The van der Waals surface area contributed by atoms with Crippen LogP contribution in [0.2, 0.25) is 10.0 Å². The third-order valence-corrected chi connectivity index (χ3v) is 4.99. The van der Waals surface area contributed by atoms with Crippen molar-refractivity contribution in [1.82, 2.24) is 5.32 Å². The van der Waals surface area contributed by atoms with Gasteiger partial charge >= 0.3 is 0 Å². The molecule has 1 aromatic carbocycles. The highest BCUT2D eigenvalue weighted by Gasteiger charge is 2.16. The topological polar surface area (TPSA) is 41.1 Å². The van der Waals surface area contributed by atoms with E-state index in [1.165, 1.54) is 12.8 Å². The zero-order chi connectivity index (χ0) is 13.8. The van der Waals surface area contributed by atoms with Gasteiger partial charge in [-0.15, -0.1) is 0 Å². The van der Waals surface area contributed by atoms with Crippen molar-refractivity contribution >= 4 is 50.7 Å². The Morgan fingerprint density at radius 1 is 1.26 bits per heavy atom. The van der Waals surface area contributed by atoms with Gasteiger partial charge in [-0.25, -0.2) is 0 Å². The molecule has 1 amide bonds. The lowest BCUT2D eigenvalue weighted by molar-refractivity contribution is -0.115. The van der Waals surface area contributed by atoms with Crippen LogP contribution in [0.4, 0.5) is 5.69 Å². The van der Waals surface area contributed by atoms with E-state index in [1.54, 1.807) is 12.1 Å². The van der Waals surface area contributed by atoms with Crippen molar-refractivity contribution in [3.63, 3.8) is 0 Å². The molecule has 2 rings (SSSR count). The summed E-state index contributed by atoms with van der Waals surface area (Å²) in [6, 6.07) is 3.95. The zero-order valence-electron chi connectivity index (χ0n) is 10.3. The molecule has 104 valence electrons. The largest absolute Gasteiger partial charge is 0.324 e. The molecule has 1 saturated carbocycles. The molecule has 0 radical (unpaired) electrons. The maximum atomic E-state index is 11.8. The van der Waals surface area contributed by atoms with Gasteiger partial charge in [0.2, 0.25) is 5.91 Å². The predicted octanol–water partition coefficient (Wildman–Crippen LogP) is 4.23. The third kappa shape index (κ3) is 4.09. The fourth-order valence-electron chi connectivity index (χ4n) is 2.18. The lowest BCUT2D eigenvalue weighted by atomic mass is 10.2. The quantitative estimate of drug-likeness (QED) is 0.784. The van der Waals surface area contributed by atoms with Gasteiger partial charge in [0.25, 0.3) is 0 Å². The van der Waals surface area contributed by atoms with Crippen LogP contribution in [-0.4, -0.2) is 18.5 Å². The Morgan fingerprint density at radius 2 is 1.95 bits per heavy atom. The first-order chi connectivity index (χ1) is 9.08. The molecule has 0 aromatic heterocycles. The lowest BCUT2D eigenvalue weighted by Gasteiger charge is -2.13. The predicted molar refractivity (Wildman–Crippen MR) is 83.1 cm³/mol. The number of halogens is 3. The normalized spacial score (nSPS) is 15.7. The number of hydrogen-bond donors (Lipinski definition) is 2. The minimum Gasteiger partial charge on any atom is -0.324 e. The van der Waals surface area contributed by atoms with Gasteiger partial charge in [-0.05, 0) is 40.9 Å². The van der Waals surface area contributed by atoms with Gasteiger partial charge in [0, 0.05) is 10.5 Å². The Hall–Kier alpha value is -0.290. The van der Waals surface area contributed by atoms with E-state index in [1.807, 2.05) is 0 Å². The van der Waals surface area contributed by atoms with Gasteiger partial charge < -0.3 is 10.6 Å². The highest BCUT2D eigenvalue weighted by atomic mass is 79.9. The number of carbonyl (C=O) groups is 1. The fourth-order valence-corrected chi connectivity index (χ4v) is 3.01. The molecule has 1 aliphatic carbocycles. The van der Waals surface area contributed by atoms with Crippen molar-refractivity contribution in [1.29, 1.82) is 0 Å². The van der Waals surface area contributed by atoms with Crippen molar-refractivity contribution in [3.8, 4) is 0 Å². The second kappa shape index (κ2) is 6.93. The van der Waals surface area contributed by atoms with E-state index in [0.717, 1.165) is 12.8 Å². The van der Waals surface area contributed by atoms with Gasteiger partial charge in [0.05, 0.1) is 22.3 Å². The highest BCUT2D eigenvalue weighted by molar-refractivity contribution is 9.10. The minimum absolute atomic E-state index is 0.104. The number of nitrogens with one attached hydrogen (secondary N) is 2. The molecule has 1 aliphatic rings. The Kier molecular flexibility index (Phi) is 5.51. The number of hydrogen-bond acceptors (Lipinski definition) is 2. The van der Waals surface area contributed by atoms with Crippen LogP contribution in [0.15, 0.2) is 16.6 Å². The van der Waals surface area contributed by atoms with Crippen molar-refractivity contribution in [2.45, 2.75) is 31.7 Å². The smallest absolute Gasteiger partial charge is 0.238 e. The van der Waals surface area contributed by atoms with Crippen molar-refractivity contribution in [2.24, 2.45) is 0 Å². The molecule has 6 heteroatoms. The average molecular weight is 366 g/mol. The summed E-state index contributed by atoms with van der Waals surface area (Å²) in [5.74, 6) is -0.104. The molecule has 0 atom stereocenters. The van der Waals surface area contributed by atoms with E-state index in [-0.39, 0.29) is 5.91 Å². The maximum absolute atomic E-state index is 11.8. The van der Waals surface area contributed by atoms with E-state index in [2.05, 4.69) is 26.6 Å².